The molecule has 33 heavy (non-hydrogen) atoms. The summed E-state index contributed by atoms with van der Waals surface area (Å²) in [4.78, 5) is 21.4. The zero-order valence-electron chi connectivity index (χ0n) is 18.3. The minimum Gasteiger partial charge on any atom is -0.489 e. The van der Waals surface area contributed by atoms with E-state index in [2.05, 4.69) is 32.3 Å². The summed E-state index contributed by atoms with van der Waals surface area (Å²) in [5, 5.41) is 13.1. The SMILES string of the molecule is O=C(O)[C@@H](c1c[nH]c2ccc(OCc3ccccc3)cc12)N1CCN(Cc2cccs2)CC1. The molecule has 2 aromatic heterocycles. The summed E-state index contributed by atoms with van der Waals surface area (Å²) < 4.78 is 5.99. The van der Waals surface area contributed by atoms with Gasteiger partial charge in [0.15, 0.2) is 0 Å². The molecule has 1 saturated heterocycles. The second-order valence-electron chi connectivity index (χ2n) is 8.36. The molecular formula is C26H27N3O3S. The third-order valence-electron chi connectivity index (χ3n) is 6.19. The number of nitrogens with one attached hydrogen (secondary N) is 1. The molecule has 1 aliphatic heterocycles. The van der Waals surface area contributed by atoms with Crippen molar-refractivity contribution in [2.75, 3.05) is 26.2 Å². The third-order valence-corrected chi connectivity index (χ3v) is 7.05. The summed E-state index contributed by atoms with van der Waals surface area (Å²) in [6.07, 6.45) is 1.84. The number of carboxylic acids is 1. The highest BCUT2D eigenvalue weighted by Gasteiger charge is 2.32. The van der Waals surface area contributed by atoms with Crippen LogP contribution in [0.25, 0.3) is 10.9 Å². The molecule has 0 aliphatic carbocycles. The lowest BCUT2D eigenvalue weighted by Crippen LogP contribution is -2.48. The van der Waals surface area contributed by atoms with E-state index in [-0.39, 0.29) is 0 Å². The molecular weight excluding hydrogens is 434 g/mol. The molecule has 2 N–H and O–H groups in total. The zero-order chi connectivity index (χ0) is 22.6. The first-order valence-corrected chi connectivity index (χ1v) is 12.0. The number of fused-ring (bicyclic) bond motifs is 1. The molecule has 0 radical (unpaired) electrons. The monoisotopic (exact) mass is 461 g/mol. The number of H-pyrrole nitrogens is 1. The van der Waals surface area contributed by atoms with Crippen LogP contribution in [0.2, 0.25) is 0 Å². The number of aliphatic carboxylic acids is 1. The average molecular weight is 462 g/mol. The first-order chi connectivity index (χ1) is 16.2. The molecule has 0 amide bonds. The third kappa shape index (κ3) is 4.95. The zero-order valence-corrected chi connectivity index (χ0v) is 19.1. The van der Waals surface area contributed by atoms with Crippen LogP contribution in [0.5, 0.6) is 5.75 Å². The average Bonchev–Trinajstić information content (AvgIpc) is 3.50. The summed E-state index contributed by atoms with van der Waals surface area (Å²) in [7, 11) is 0. The topological polar surface area (TPSA) is 68.8 Å². The Morgan fingerprint density at radius 2 is 1.88 bits per heavy atom. The predicted molar refractivity (Wildman–Crippen MR) is 131 cm³/mol. The summed E-state index contributed by atoms with van der Waals surface area (Å²) in [6, 6.07) is 19.4. The number of aromatic nitrogens is 1. The number of ether oxygens (including phenoxy) is 1. The molecule has 0 unspecified atom stereocenters. The van der Waals surface area contributed by atoms with Gasteiger partial charge in [0.05, 0.1) is 0 Å². The van der Waals surface area contributed by atoms with Crippen molar-refractivity contribution in [2.24, 2.45) is 0 Å². The second kappa shape index (κ2) is 9.79. The minimum atomic E-state index is -0.821. The number of nitrogens with zero attached hydrogens (tertiary/aromatic N) is 2. The first kappa shape index (κ1) is 21.7. The molecule has 0 spiro atoms. The number of thiophene rings is 1. The van der Waals surface area contributed by atoms with Gasteiger partial charge in [0.25, 0.3) is 0 Å². The van der Waals surface area contributed by atoms with Gasteiger partial charge in [-0.2, -0.15) is 0 Å². The van der Waals surface area contributed by atoms with E-state index in [0.717, 1.165) is 60.5 Å². The fraction of sp³-hybridized carbons (Fsp3) is 0.269. The molecule has 0 bridgehead atoms. The maximum Gasteiger partial charge on any atom is 0.325 e. The summed E-state index contributed by atoms with van der Waals surface area (Å²) in [5.74, 6) is -0.0877. The van der Waals surface area contributed by atoms with Crippen LogP contribution in [0.1, 0.15) is 22.0 Å². The molecule has 1 atom stereocenters. The van der Waals surface area contributed by atoms with Crippen LogP contribution >= 0.6 is 11.3 Å². The van der Waals surface area contributed by atoms with Crippen LogP contribution in [0.4, 0.5) is 0 Å². The van der Waals surface area contributed by atoms with Gasteiger partial charge in [-0.15, -0.1) is 11.3 Å². The minimum absolute atomic E-state index is 0.473. The largest absolute Gasteiger partial charge is 0.489 e. The Morgan fingerprint density at radius 3 is 2.61 bits per heavy atom. The van der Waals surface area contributed by atoms with Gasteiger partial charge in [0, 0.05) is 60.3 Å². The number of hydrogen-bond acceptors (Lipinski definition) is 5. The molecule has 3 heterocycles. The van der Waals surface area contributed by atoms with Gasteiger partial charge in [-0.25, -0.2) is 0 Å². The number of aromatic amines is 1. The summed E-state index contributed by atoms with van der Waals surface area (Å²) >= 11 is 1.77. The van der Waals surface area contributed by atoms with Gasteiger partial charge in [-0.1, -0.05) is 36.4 Å². The van der Waals surface area contributed by atoms with Crippen LogP contribution in [-0.2, 0) is 17.9 Å². The van der Waals surface area contributed by atoms with Gasteiger partial charge in [-0.05, 0) is 35.2 Å². The standard InChI is InChI=1S/C26H27N3O3S/c30-26(31)25(29-12-10-28(11-13-29)17-21-7-4-14-33-21)23-16-27-24-9-8-20(15-22(23)24)32-18-19-5-2-1-3-6-19/h1-9,14-16,25,27H,10-13,17-18H2,(H,30,31)/t25-/m1/s1. The molecule has 6 nitrogen and oxygen atoms in total. The highest BCUT2D eigenvalue weighted by molar-refractivity contribution is 7.09. The Bertz CT molecular complexity index is 1200. The Morgan fingerprint density at radius 1 is 1.06 bits per heavy atom. The Kier molecular flexibility index (Phi) is 6.44. The van der Waals surface area contributed by atoms with Gasteiger partial charge in [0.1, 0.15) is 18.4 Å². The lowest BCUT2D eigenvalue weighted by molar-refractivity contribution is -0.144. The van der Waals surface area contributed by atoms with Crippen molar-refractivity contribution >= 4 is 28.2 Å². The van der Waals surface area contributed by atoms with Crippen molar-refractivity contribution in [3.63, 3.8) is 0 Å². The molecule has 1 fully saturated rings. The number of carbonyl (C=O) groups is 1. The van der Waals surface area contributed by atoms with Crippen LogP contribution in [-0.4, -0.2) is 52.0 Å². The molecule has 2 aromatic carbocycles. The van der Waals surface area contributed by atoms with Gasteiger partial charge in [-0.3, -0.25) is 14.6 Å². The van der Waals surface area contributed by atoms with Crippen molar-refractivity contribution in [1.82, 2.24) is 14.8 Å². The van der Waals surface area contributed by atoms with Crippen LogP contribution in [0, 0.1) is 0 Å². The smallest absolute Gasteiger partial charge is 0.325 e. The molecule has 5 rings (SSSR count). The van der Waals surface area contributed by atoms with Crippen LogP contribution in [0.15, 0.2) is 72.2 Å². The summed E-state index contributed by atoms with van der Waals surface area (Å²) in [6.45, 7) is 4.56. The molecule has 4 aromatic rings. The van der Waals surface area contributed by atoms with Gasteiger partial charge in [0.2, 0.25) is 0 Å². The number of benzene rings is 2. The van der Waals surface area contributed by atoms with Crippen molar-refractivity contribution in [1.29, 1.82) is 0 Å². The van der Waals surface area contributed by atoms with E-state index in [9.17, 15) is 9.90 Å². The molecule has 170 valence electrons. The maximum atomic E-state index is 12.4. The molecule has 1 aliphatic rings. The van der Waals surface area contributed by atoms with Gasteiger partial charge < -0.3 is 14.8 Å². The van der Waals surface area contributed by atoms with E-state index >= 15 is 0 Å². The lowest BCUT2D eigenvalue weighted by Gasteiger charge is -2.37. The fourth-order valence-corrected chi connectivity index (χ4v) is 5.21. The van der Waals surface area contributed by atoms with E-state index in [4.69, 9.17) is 4.74 Å². The maximum absolute atomic E-state index is 12.4. The van der Waals surface area contributed by atoms with E-state index in [1.807, 2.05) is 54.7 Å². The van der Waals surface area contributed by atoms with E-state index in [1.54, 1.807) is 11.3 Å². The normalized spacial score (nSPS) is 16.1. The number of piperazine rings is 1. The van der Waals surface area contributed by atoms with Crippen molar-refractivity contribution in [3.05, 3.63) is 88.2 Å². The van der Waals surface area contributed by atoms with E-state index < -0.39 is 12.0 Å². The van der Waals surface area contributed by atoms with E-state index in [1.165, 1.54) is 4.88 Å². The van der Waals surface area contributed by atoms with Crippen LogP contribution in [0.3, 0.4) is 0 Å². The van der Waals surface area contributed by atoms with Gasteiger partial charge >= 0.3 is 5.97 Å². The Balaban J connectivity index is 1.32. The quantitative estimate of drug-likeness (QED) is 0.396. The van der Waals surface area contributed by atoms with Crippen molar-refractivity contribution < 1.29 is 14.6 Å². The number of rotatable bonds is 8. The highest BCUT2D eigenvalue weighted by atomic mass is 32.1. The Hall–Kier alpha value is -3.13. The van der Waals surface area contributed by atoms with E-state index in [0.29, 0.717) is 6.61 Å². The Labute approximate surface area is 197 Å². The summed E-state index contributed by atoms with van der Waals surface area (Å²) in [5.41, 5.74) is 2.80. The van der Waals surface area contributed by atoms with Crippen molar-refractivity contribution in [3.8, 4) is 5.75 Å². The van der Waals surface area contributed by atoms with Crippen LogP contribution < -0.4 is 4.74 Å². The number of carboxylic acid groups (broad SMARTS) is 1. The molecule has 0 saturated carbocycles. The lowest BCUT2D eigenvalue weighted by atomic mass is 10.0. The van der Waals surface area contributed by atoms with Crippen molar-refractivity contribution in [2.45, 2.75) is 19.2 Å². The predicted octanol–water partition coefficient (Wildman–Crippen LogP) is 4.75. The highest BCUT2D eigenvalue weighted by Crippen LogP contribution is 2.32. The first-order valence-electron chi connectivity index (χ1n) is 11.2. The fourth-order valence-electron chi connectivity index (χ4n) is 4.47. The second-order valence-corrected chi connectivity index (χ2v) is 9.39. The molecule has 7 heteroatoms. The number of hydrogen-bond donors (Lipinski definition) is 2.